The lowest BCUT2D eigenvalue weighted by Gasteiger charge is -2.37. The summed E-state index contributed by atoms with van der Waals surface area (Å²) in [6.07, 6.45) is 7.13. The van der Waals surface area contributed by atoms with Crippen molar-refractivity contribution in [2.24, 2.45) is 5.92 Å². The normalized spacial score (nSPS) is 23.7. The largest absolute Gasteiger partial charge is 0.373 e. The second-order valence-corrected chi connectivity index (χ2v) is 16.0. The number of nitrogens with zero attached hydrogens (tertiary/aromatic N) is 6. The zero-order chi connectivity index (χ0) is 38.4. The maximum atomic E-state index is 13.3. The third-order valence-electron chi connectivity index (χ3n) is 12.2. The highest BCUT2D eigenvalue weighted by atomic mass is 35.5. The van der Waals surface area contributed by atoms with Crippen LogP contribution in [0.1, 0.15) is 101 Å². The highest BCUT2D eigenvalue weighted by molar-refractivity contribution is 6.32. The number of halogens is 1. The van der Waals surface area contributed by atoms with Gasteiger partial charge in [-0.1, -0.05) is 11.6 Å². The number of aromatic nitrogens is 1. The number of hydrogen-bond acceptors (Lipinski definition) is 11. The summed E-state index contributed by atoms with van der Waals surface area (Å²) < 4.78 is 0. The van der Waals surface area contributed by atoms with Gasteiger partial charge in [-0.3, -0.25) is 44.6 Å². The SMILES string of the molecule is CN(c1ccc(C#N)c(Cl)c1)[C@H]1CC[C@H](NC(O)c2ccc(N3CCC(CN4Cc5cc6c(cc5C4)C(=O)N(C4CCC(=O)NC4=O)C6=O)CC3)cn2)CC1. The van der Waals surface area contributed by atoms with E-state index in [-0.39, 0.29) is 24.8 Å². The molecule has 2 unspecified atom stereocenters. The molecule has 13 nitrogen and oxygen atoms in total. The Hall–Kier alpha value is -4.87. The Balaban J connectivity index is 0.783. The highest BCUT2D eigenvalue weighted by Gasteiger charge is 2.45. The number of nitriles is 1. The summed E-state index contributed by atoms with van der Waals surface area (Å²) in [4.78, 5) is 63.2. The molecule has 3 aromatic rings. The summed E-state index contributed by atoms with van der Waals surface area (Å²) in [6.45, 7) is 4.16. The molecule has 55 heavy (non-hydrogen) atoms. The van der Waals surface area contributed by atoms with Crippen LogP contribution in [0.4, 0.5) is 11.4 Å². The molecule has 5 aliphatic rings. The van der Waals surface area contributed by atoms with Crippen molar-refractivity contribution in [2.75, 3.05) is 36.5 Å². The van der Waals surface area contributed by atoms with Crippen LogP contribution in [0.25, 0.3) is 0 Å². The van der Waals surface area contributed by atoms with Crippen molar-refractivity contribution in [3.8, 4) is 6.07 Å². The maximum Gasteiger partial charge on any atom is 0.262 e. The Labute approximate surface area is 325 Å². The first-order chi connectivity index (χ1) is 26.6. The van der Waals surface area contributed by atoms with Gasteiger partial charge in [0.2, 0.25) is 11.8 Å². The van der Waals surface area contributed by atoms with E-state index in [0.717, 1.165) is 85.6 Å². The molecule has 5 heterocycles. The van der Waals surface area contributed by atoms with Gasteiger partial charge in [0.05, 0.1) is 39.3 Å². The minimum absolute atomic E-state index is 0.0987. The van der Waals surface area contributed by atoms with Crippen LogP contribution in [0.15, 0.2) is 48.7 Å². The van der Waals surface area contributed by atoms with Crippen LogP contribution >= 0.6 is 11.6 Å². The van der Waals surface area contributed by atoms with Gasteiger partial charge < -0.3 is 14.9 Å². The molecule has 4 aliphatic heterocycles. The molecule has 8 rings (SSSR count). The molecule has 2 saturated heterocycles. The lowest BCUT2D eigenvalue weighted by molar-refractivity contribution is -0.136. The zero-order valence-electron chi connectivity index (χ0n) is 30.8. The fourth-order valence-electron chi connectivity index (χ4n) is 9.02. The number of pyridine rings is 1. The Kier molecular flexibility index (Phi) is 10.3. The quantitative estimate of drug-likeness (QED) is 0.211. The van der Waals surface area contributed by atoms with E-state index in [1.54, 1.807) is 6.07 Å². The topological polar surface area (TPSA) is 162 Å². The smallest absolute Gasteiger partial charge is 0.262 e. The van der Waals surface area contributed by atoms with Crippen LogP contribution < -0.4 is 20.4 Å². The van der Waals surface area contributed by atoms with Crippen LogP contribution in [0.2, 0.25) is 5.02 Å². The van der Waals surface area contributed by atoms with E-state index in [1.165, 1.54) is 0 Å². The Morgan fingerprint density at radius 2 is 1.65 bits per heavy atom. The molecule has 0 radical (unpaired) electrons. The first-order valence-corrected chi connectivity index (χ1v) is 19.6. The van der Waals surface area contributed by atoms with Crippen molar-refractivity contribution in [2.45, 2.75) is 88.8 Å². The van der Waals surface area contributed by atoms with E-state index in [0.29, 0.717) is 52.5 Å². The number of piperidine rings is 2. The molecular weight excluding hydrogens is 720 g/mol. The molecule has 3 N–H and O–H groups in total. The van der Waals surface area contributed by atoms with E-state index in [1.807, 2.05) is 42.6 Å². The minimum Gasteiger partial charge on any atom is -0.373 e. The number of aliphatic hydroxyl groups is 1. The van der Waals surface area contributed by atoms with Crippen molar-refractivity contribution < 1.29 is 24.3 Å². The molecule has 14 heteroatoms. The summed E-state index contributed by atoms with van der Waals surface area (Å²) in [5, 5.41) is 26.3. The number of nitrogens with one attached hydrogen (secondary N) is 2. The van der Waals surface area contributed by atoms with Gasteiger partial charge >= 0.3 is 0 Å². The van der Waals surface area contributed by atoms with Gasteiger partial charge in [-0.15, -0.1) is 0 Å². The summed E-state index contributed by atoms with van der Waals surface area (Å²) in [6, 6.07) is 14.8. The Morgan fingerprint density at radius 1 is 0.964 bits per heavy atom. The average Bonchev–Trinajstić information content (AvgIpc) is 3.69. The predicted molar refractivity (Wildman–Crippen MR) is 205 cm³/mol. The van der Waals surface area contributed by atoms with Crippen molar-refractivity contribution >= 4 is 46.6 Å². The van der Waals surface area contributed by atoms with Gasteiger partial charge in [-0.05, 0) is 104 Å². The number of carbonyl (C=O) groups is 4. The Bertz CT molecular complexity index is 2010. The minimum atomic E-state index is -0.960. The van der Waals surface area contributed by atoms with Crippen molar-refractivity contribution in [3.63, 3.8) is 0 Å². The Morgan fingerprint density at radius 3 is 2.25 bits per heavy atom. The number of imide groups is 2. The molecule has 286 valence electrons. The fourth-order valence-corrected chi connectivity index (χ4v) is 9.23. The van der Waals surface area contributed by atoms with Crippen LogP contribution in [-0.2, 0) is 22.7 Å². The summed E-state index contributed by atoms with van der Waals surface area (Å²) in [5.41, 5.74) is 5.88. The third kappa shape index (κ3) is 7.44. The van der Waals surface area contributed by atoms with Crippen LogP contribution in [0, 0.1) is 17.2 Å². The molecule has 0 spiro atoms. The molecule has 2 atom stereocenters. The number of rotatable bonds is 9. The molecule has 1 aromatic heterocycles. The van der Waals surface area contributed by atoms with Crippen molar-refractivity contribution in [1.29, 1.82) is 5.26 Å². The molecular formula is C41H45ClN8O5. The van der Waals surface area contributed by atoms with E-state index in [9.17, 15) is 29.5 Å². The monoisotopic (exact) mass is 764 g/mol. The number of fused-ring (bicyclic) bond motifs is 2. The summed E-state index contributed by atoms with van der Waals surface area (Å²) >= 11 is 6.27. The molecule has 0 bridgehead atoms. The van der Waals surface area contributed by atoms with Gasteiger partial charge in [0.1, 0.15) is 18.3 Å². The number of benzene rings is 2. The first-order valence-electron chi connectivity index (χ1n) is 19.2. The standard InChI is InChI=1S/C41H45ClN8O5/c1-47(30-5-2-25(19-43)34(42)18-30)29-6-3-28(4-7-29)45-38(52)35-9-8-31(20-44-35)49-14-12-24(13-15-49)21-48-22-26-16-32-33(17-27(26)23-48)41(55)50(40(32)54)36-10-11-37(51)46-39(36)53/h2,5,8-9,16-18,20,24,28-29,36,38,45,52H,3-4,6-7,10-15,21-23H2,1H3,(H,46,51,53)/t28-,29-,36?,38?. The van der Waals surface area contributed by atoms with Crippen molar-refractivity contribution in [1.82, 2.24) is 25.4 Å². The van der Waals surface area contributed by atoms with Gasteiger partial charge in [0, 0.05) is 64.0 Å². The molecule has 1 aliphatic carbocycles. The van der Waals surface area contributed by atoms with E-state index < -0.39 is 30.0 Å². The van der Waals surface area contributed by atoms with E-state index in [2.05, 4.69) is 43.4 Å². The zero-order valence-corrected chi connectivity index (χ0v) is 31.6. The summed E-state index contributed by atoms with van der Waals surface area (Å²) in [7, 11) is 2.06. The lowest BCUT2D eigenvalue weighted by Crippen LogP contribution is -2.54. The third-order valence-corrected chi connectivity index (χ3v) is 12.5. The van der Waals surface area contributed by atoms with E-state index in [4.69, 9.17) is 11.6 Å². The molecule has 2 aromatic carbocycles. The second-order valence-electron chi connectivity index (χ2n) is 15.6. The van der Waals surface area contributed by atoms with Gasteiger partial charge in [-0.25, -0.2) is 0 Å². The molecule has 3 fully saturated rings. The predicted octanol–water partition coefficient (Wildman–Crippen LogP) is 4.27. The van der Waals surface area contributed by atoms with Crippen LogP contribution in [-0.4, -0.2) is 88.3 Å². The van der Waals surface area contributed by atoms with Gasteiger partial charge in [0.15, 0.2) is 0 Å². The second kappa shape index (κ2) is 15.3. The fraction of sp³-hybridized carbons (Fsp3) is 0.463. The number of carbonyl (C=O) groups excluding carboxylic acids is 4. The number of anilines is 2. The lowest BCUT2D eigenvalue weighted by atomic mass is 9.90. The molecule has 1 saturated carbocycles. The number of amides is 4. The van der Waals surface area contributed by atoms with Crippen LogP contribution in [0.3, 0.4) is 0 Å². The molecule has 4 amide bonds. The first kappa shape index (κ1) is 37.1. The highest BCUT2D eigenvalue weighted by Crippen LogP contribution is 2.35. The maximum absolute atomic E-state index is 13.3. The van der Waals surface area contributed by atoms with Crippen LogP contribution in [0.5, 0.6) is 0 Å². The van der Waals surface area contributed by atoms with E-state index >= 15 is 0 Å². The average molecular weight is 765 g/mol. The number of aliphatic hydroxyl groups excluding tert-OH is 1. The number of hydrogen-bond donors (Lipinski definition) is 3. The van der Waals surface area contributed by atoms with Gasteiger partial charge in [-0.2, -0.15) is 5.26 Å². The van der Waals surface area contributed by atoms with Crippen molar-refractivity contribution in [3.05, 3.63) is 87.2 Å². The summed E-state index contributed by atoms with van der Waals surface area (Å²) in [5.74, 6) is -1.40. The van der Waals surface area contributed by atoms with Gasteiger partial charge in [0.25, 0.3) is 11.8 Å².